The van der Waals surface area contributed by atoms with Crippen LogP contribution in [0.2, 0.25) is 0 Å². The molecule has 24 heavy (non-hydrogen) atoms. The fraction of sp³-hybridized carbons (Fsp3) is 0.571. The van der Waals surface area contributed by atoms with Crippen LogP contribution in [0.15, 0.2) is 30.3 Å². The summed E-state index contributed by atoms with van der Waals surface area (Å²) >= 11 is 0. The number of carbonyl (C=O) groups excluding carboxylic acids is 1. The summed E-state index contributed by atoms with van der Waals surface area (Å²) in [5, 5.41) is 11.1. The zero-order valence-electron chi connectivity index (χ0n) is 15.1. The quantitative estimate of drug-likeness (QED) is 0.888. The van der Waals surface area contributed by atoms with Crippen molar-refractivity contribution in [2.75, 3.05) is 13.1 Å². The van der Waals surface area contributed by atoms with Crippen LogP contribution >= 0.6 is 0 Å². The molecule has 0 saturated carbocycles. The van der Waals surface area contributed by atoms with Gasteiger partial charge in [-0.2, -0.15) is 0 Å². The van der Waals surface area contributed by atoms with Crippen molar-refractivity contribution in [3.8, 4) is 0 Å². The number of amides is 1. The summed E-state index contributed by atoms with van der Waals surface area (Å²) in [6.45, 7) is 7.51. The van der Waals surface area contributed by atoms with Gasteiger partial charge in [0.2, 0.25) is 5.91 Å². The largest absolute Gasteiger partial charge is 0.385 e. The highest BCUT2D eigenvalue weighted by atomic mass is 16.3. The molecule has 1 aliphatic carbocycles. The molecule has 0 radical (unpaired) electrons. The Balaban J connectivity index is 1.79. The molecule has 3 heteroatoms. The van der Waals surface area contributed by atoms with E-state index in [9.17, 15) is 9.90 Å². The van der Waals surface area contributed by atoms with E-state index >= 15 is 0 Å². The Labute approximate surface area is 145 Å². The van der Waals surface area contributed by atoms with Crippen molar-refractivity contribution in [3.05, 3.63) is 41.5 Å². The molecule has 0 aromatic heterocycles. The van der Waals surface area contributed by atoms with Gasteiger partial charge < -0.3 is 10.0 Å². The lowest BCUT2D eigenvalue weighted by molar-refractivity contribution is -0.133. The first-order chi connectivity index (χ1) is 11.3. The first-order valence-corrected chi connectivity index (χ1v) is 9.07. The van der Waals surface area contributed by atoms with E-state index in [1.165, 1.54) is 17.6 Å². The van der Waals surface area contributed by atoms with Crippen LogP contribution in [-0.4, -0.2) is 29.0 Å². The molecule has 1 amide bonds. The van der Waals surface area contributed by atoms with E-state index in [2.05, 4.69) is 38.1 Å². The summed E-state index contributed by atoms with van der Waals surface area (Å²) in [6, 6.07) is 8.40. The number of benzene rings is 1. The molecule has 130 valence electrons. The van der Waals surface area contributed by atoms with Gasteiger partial charge in [0.25, 0.3) is 0 Å². The summed E-state index contributed by atoms with van der Waals surface area (Å²) in [4.78, 5) is 13.3. The van der Waals surface area contributed by atoms with Crippen molar-refractivity contribution in [1.82, 2.24) is 4.90 Å². The number of hydrogen-bond acceptors (Lipinski definition) is 2. The van der Waals surface area contributed by atoms with Crippen LogP contribution < -0.4 is 0 Å². The summed E-state index contributed by atoms with van der Waals surface area (Å²) in [5.41, 5.74) is 3.23. The van der Waals surface area contributed by atoms with Gasteiger partial charge in [0.05, 0.1) is 5.60 Å². The molecule has 2 aliphatic rings. The Morgan fingerprint density at radius 3 is 2.46 bits per heavy atom. The van der Waals surface area contributed by atoms with Gasteiger partial charge in [0.1, 0.15) is 0 Å². The van der Waals surface area contributed by atoms with E-state index in [4.69, 9.17) is 0 Å². The standard InChI is InChI=1S/C21H29NO2/c1-16(23)22-13-11-21(24,12-14-22)19-6-4-5-18(15-19)17-7-9-20(2,3)10-8-17/h4-7,15,24H,8-14H2,1-3H3. The van der Waals surface area contributed by atoms with Crippen molar-refractivity contribution in [2.45, 2.75) is 58.5 Å². The Bertz CT molecular complexity index is 652. The molecule has 1 aliphatic heterocycles. The number of allylic oxidation sites excluding steroid dienone is 2. The molecule has 0 spiro atoms. The Morgan fingerprint density at radius 2 is 1.88 bits per heavy atom. The van der Waals surface area contributed by atoms with Crippen molar-refractivity contribution < 1.29 is 9.90 Å². The van der Waals surface area contributed by atoms with Crippen molar-refractivity contribution in [3.63, 3.8) is 0 Å². The van der Waals surface area contributed by atoms with Gasteiger partial charge in [-0.15, -0.1) is 0 Å². The minimum Gasteiger partial charge on any atom is -0.385 e. The number of aliphatic hydroxyl groups is 1. The van der Waals surface area contributed by atoms with E-state index in [1.54, 1.807) is 6.92 Å². The molecule has 1 N–H and O–H groups in total. The second kappa shape index (κ2) is 6.36. The monoisotopic (exact) mass is 327 g/mol. The molecule has 1 heterocycles. The van der Waals surface area contributed by atoms with Crippen LogP contribution in [0, 0.1) is 5.41 Å². The van der Waals surface area contributed by atoms with Gasteiger partial charge >= 0.3 is 0 Å². The highest BCUT2D eigenvalue weighted by Gasteiger charge is 2.35. The molecular weight excluding hydrogens is 298 g/mol. The minimum absolute atomic E-state index is 0.0979. The minimum atomic E-state index is -0.809. The number of nitrogens with zero attached hydrogens (tertiary/aromatic N) is 1. The lowest BCUT2D eigenvalue weighted by Gasteiger charge is -2.38. The first kappa shape index (κ1) is 17.2. The van der Waals surface area contributed by atoms with Crippen molar-refractivity contribution in [1.29, 1.82) is 0 Å². The van der Waals surface area contributed by atoms with Gasteiger partial charge in [-0.3, -0.25) is 4.79 Å². The van der Waals surface area contributed by atoms with E-state index in [0.717, 1.165) is 18.4 Å². The summed E-state index contributed by atoms with van der Waals surface area (Å²) in [5.74, 6) is 0.0979. The van der Waals surface area contributed by atoms with Crippen LogP contribution in [0.1, 0.15) is 64.0 Å². The number of likely N-dealkylation sites (tertiary alicyclic amines) is 1. The number of carbonyl (C=O) groups is 1. The van der Waals surface area contributed by atoms with Gasteiger partial charge in [-0.25, -0.2) is 0 Å². The summed E-state index contributed by atoms with van der Waals surface area (Å²) < 4.78 is 0. The maximum atomic E-state index is 11.5. The highest BCUT2D eigenvalue weighted by Crippen LogP contribution is 2.39. The second-order valence-electron chi connectivity index (χ2n) is 8.22. The second-order valence-corrected chi connectivity index (χ2v) is 8.22. The zero-order valence-corrected chi connectivity index (χ0v) is 15.1. The fourth-order valence-electron chi connectivity index (χ4n) is 3.83. The molecule has 3 rings (SSSR count). The lowest BCUT2D eigenvalue weighted by atomic mass is 9.76. The molecule has 0 bridgehead atoms. The summed E-state index contributed by atoms with van der Waals surface area (Å²) in [6.07, 6.45) is 7.02. The topological polar surface area (TPSA) is 40.5 Å². The third-order valence-corrected chi connectivity index (χ3v) is 5.78. The average Bonchev–Trinajstić information content (AvgIpc) is 2.55. The summed E-state index contributed by atoms with van der Waals surface area (Å²) in [7, 11) is 0. The highest BCUT2D eigenvalue weighted by molar-refractivity contribution is 5.73. The molecule has 1 fully saturated rings. The SMILES string of the molecule is CC(=O)N1CCC(O)(c2cccc(C3=CCC(C)(C)CC3)c2)CC1. The average molecular weight is 327 g/mol. The van der Waals surface area contributed by atoms with E-state index in [1.807, 2.05) is 11.0 Å². The first-order valence-electron chi connectivity index (χ1n) is 9.07. The molecule has 3 nitrogen and oxygen atoms in total. The Kier molecular flexibility index (Phi) is 4.56. The number of rotatable bonds is 2. The van der Waals surface area contributed by atoms with Crippen LogP contribution in [0.5, 0.6) is 0 Å². The predicted molar refractivity (Wildman–Crippen MR) is 97.4 cm³/mol. The zero-order chi connectivity index (χ0) is 17.4. The molecule has 1 aromatic rings. The molecule has 1 saturated heterocycles. The normalized spacial score (nSPS) is 22.8. The van der Waals surface area contributed by atoms with Crippen LogP contribution in [0.25, 0.3) is 5.57 Å². The van der Waals surface area contributed by atoms with Crippen molar-refractivity contribution >= 4 is 11.5 Å². The van der Waals surface area contributed by atoms with Gasteiger partial charge in [-0.05, 0) is 60.3 Å². The van der Waals surface area contributed by atoms with Crippen LogP contribution in [-0.2, 0) is 10.4 Å². The molecular formula is C21H29NO2. The fourth-order valence-corrected chi connectivity index (χ4v) is 3.83. The molecule has 0 unspecified atom stereocenters. The number of piperidine rings is 1. The Hall–Kier alpha value is -1.61. The molecule has 0 atom stereocenters. The third kappa shape index (κ3) is 3.56. The van der Waals surface area contributed by atoms with E-state index < -0.39 is 5.60 Å². The maximum Gasteiger partial charge on any atom is 0.219 e. The molecule has 1 aromatic carbocycles. The lowest BCUT2D eigenvalue weighted by Crippen LogP contribution is -2.44. The van der Waals surface area contributed by atoms with Crippen molar-refractivity contribution in [2.24, 2.45) is 5.41 Å². The van der Waals surface area contributed by atoms with Gasteiger partial charge in [-0.1, -0.05) is 38.1 Å². The number of hydrogen-bond donors (Lipinski definition) is 1. The van der Waals surface area contributed by atoms with E-state index in [-0.39, 0.29) is 5.91 Å². The maximum absolute atomic E-state index is 11.5. The smallest absolute Gasteiger partial charge is 0.219 e. The van der Waals surface area contributed by atoms with Crippen LogP contribution in [0.3, 0.4) is 0 Å². The van der Waals surface area contributed by atoms with E-state index in [0.29, 0.717) is 31.3 Å². The predicted octanol–water partition coefficient (Wildman–Crippen LogP) is 4.11. The van der Waals surface area contributed by atoms with Gasteiger partial charge in [0.15, 0.2) is 0 Å². The third-order valence-electron chi connectivity index (χ3n) is 5.78. The van der Waals surface area contributed by atoms with Crippen LogP contribution in [0.4, 0.5) is 0 Å². The Morgan fingerprint density at radius 1 is 1.17 bits per heavy atom. The van der Waals surface area contributed by atoms with Gasteiger partial charge in [0, 0.05) is 20.0 Å².